The van der Waals surface area contributed by atoms with Crippen molar-refractivity contribution in [2.45, 2.75) is 38.8 Å². The SMILES string of the molecule is O=C1CCCCCN1CCNCc1ccc(OCc2ccncc2)cc1. The highest BCUT2D eigenvalue weighted by Gasteiger charge is 2.15. The standard InChI is InChI=1S/C21H27N3O2/c25-21-4-2-1-3-14-24(21)15-13-23-16-18-5-7-20(8-6-18)26-17-19-9-11-22-12-10-19/h5-12,23H,1-4,13-17H2. The Balaban J connectivity index is 1.37. The summed E-state index contributed by atoms with van der Waals surface area (Å²) in [5.74, 6) is 1.17. The minimum atomic E-state index is 0.306. The largest absolute Gasteiger partial charge is 0.489 e. The number of hydrogen-bond acceptors (Lipinski definition) is 4. The Bertz CT molecular complexity index is 673. The van der Waals surface area contributed by atoms with Gasteiger partial charge >= 0.3 is 0 Å². The van der Waals surface area contributed by atoms with Crippen LogP contribution in [0.3, 0.4) is 0 Å². The minimum Gasteiger partial charge on any atom is -0.489 e. The zero-order chi connectivity index (χ0) is 18.0. The van der Waals surface area contributed by atoms with E-state index in [1.54, 1.807) is 12.4 Å². The summed E-state index contributed by atoms with van der Waals surface area (Å²) >= 11 is 0. The summed E-state index contributed by atoms with van der Waals surface area (Å²) in [7, 11) is 0. The van der Waals surface area contributed by atoms with E-state index in [0.29, 0.717) is 18.9 Å². The average molecular weight is 353 g/mol. The van der Waals surface area contributed by atoms with Crippen molar-refractivity contribution < 1.29 is 9.53 Å². The fourth-order valence-electron chi connectivity index (χ4n) is 3.07. The van der Waals surface area contributed by atoms with Crippen LogP contribution in [0.2, 0.25) is 0 Å². The Kier molecular flexibility index (Phi) is 7.02. The number of amides is 1. The topological polar surface area (TPSA) is 54.5 Å². The first kappa shape index (κ1) is 18.4. The monoisotopic (exact) mass is 353 g/mol. The van der Waals surface area contributed by atoms with Crippen LogP contribution in [-0.2, 0) is 17.9 Å². The fourth-order valence-corrected chi connectivity index (χ4v) is 3.07. The molecule has 1 aromatic heterocycles. The number of pyridine rings is 1. The average Bonchev–Trinajstić information content (AvgIpc) is 2.89. The number of ether oxygens (including phenoxy) is 1. The molecule has 5 nitrogen and oxygen atoms in total. The summed E-state index contributed by atoms with van der Waals surface area (Å²) in [5.41, 5.74) is 2.32. The van der Waals surface area contributed by atoms with Gasteiger partial charge in [0.25, 0.3) is 0 Å². The molecule has 2 heterocycles. The van der Waals surface area contributed by atoms with Gasteiger partial charge in [0.2, 0.25) is 5.91 Å². The van der Waals surface area contributed by atoms with Crippen LogP contribution in [0.5, 0.6) is 5.75 Å². The normalized spacial score (nSPS) is 14.9. The number of rotatable bonds is 8. The highest BCUT2D eigenvalue weighted by Crippen LogP contribution is 2.14. The lowest BCUT2D eigenvalue weighted by Crippen LogP contribution is -2.36. The van der Waals surface area contributed by atoms with E-state index in [0.717, 1.165) is 50.3 Å². The summed E-state index contributed by atoms with van der Waals surface area (Å²) in [6, 6.07) is 12.0. The third-order valence-electron chi connectivity index (χ3n) is 4.64. The lowest BCUT2D eigenvalue weighted by Gasteiger charge is -2.20. The maximum atomic E-state index is 12.0. The van der Waals surface area contributed by atoms with Crippen LogP contribution >= 0.6 is 0 Å². The second kappa shape index (κ2) is 9.92. The Hall–Kier alpha value is -2.40. The molecule has 3 rings (SSSR count). The van der Waals surface area contributed by atoms with E-state index in [-0.39, 0.29) is 0 Å². The molecule has 5 heteroatoms. The first-order chi connectivity index (χ1) is 12.8. The van der Waals surface area contributed by atoms with Gasteiger partial charge in [0, 0.05) is 45.0 Å². The van der Waals surface area contributed by atoms with Crippen molar-refractivity contribution in [2.75, 3.05) is 19.6 Å². The number of nitrogens with one attached hydrogen (secondary N) is 1. The quantitative estimate of drug-likeness (QED) is 0.741. The number of likely N-dealkylation sites (tertiary alicyclic amines) is 1. The second-order valence-electron chi connectivity index (χ2n) is 6.66. The number of aromatic nitrogens is 1. The van der Waals surface area contributed by atoms with Crippen molar-refractivity contribution in [2.24, 2.45) is 0 Å². The maximum Gasteiger partial charge on any atom is 0.222 e. The number of carbonyl (C=O) groups is 1. The van der Waals surface area contributed by atoms with Crippen LogP contribution in [0, 0.1) is 0 Å². The van der Waals surface area contributed by atoms with Gasteiger partial charge in [0.15, 0.2) is 0 Å². The number of nitrogens with zero attached hydrogens (tertiary/aromatic N) is 2. The number of hydrogen-bond donors (Lipinski definition) is 1. The summed E-state index contributed by atoms with van der Waals surface area (Å²) < 4.78 is 5.78. The molecule has 0 atom stereocenters. The summed E-state index contributed by atoms with van der Waals surface area (Å²) in [5, 5.41) is 3.43. The van der Waals surface area contributed by atoms with E-state index in [9.17, 15) is 4.79 Å². The van der Waals surface area contributed by atoms with Gasteiger partial charge in [-0.25, -0.2) is 0 Å². The molecular formula is C21H27N3O2. The highest BCUT2D eigenvalue weighted by atomic mass is 16.5. The molecule has 1 aliphatic rings. The Labute approximate surface area is 155 Å². The predicted octanol–water partition coefficient (Wildman–Crippen LogP) is 3.15. The van der Waals surface area contributed by atoms with Crippen LogP contribution in [0.15, 0.2) is 48.8 Å². The van der Waals surface area contributed by atoms with E-state index >= 15 is 0 Å². The molecule has 138 valence electrons. The van der Waals surface area contributed by atoms with E-state index in [1.807, 2.05) is 29.2 Å². The molecular weight excluding hydrogens is 326 g/mol. The Morgan fingerprint density at radius 1 is 1.00 bits per heavy atom. The molecule has 1 saturated heterocycles. The van der Waals surface area contributed by atoms with Gasteiger partial charge in [-0.1, -0.05) is 18.6 Å². The maximum absolute atomic E-state index is 12.0. The molecule has 26 heavy (non-hydrogen) atoms. The van der Waals surface area contributed by atoms with Gasteiger partial charge in [0.1, 0.15) is 12.4 Å². The van der Waals surface area contributed by atoms with Crippen molar-refractivity contribution in [3.63, 3.8) is 0 Å². The van der Waals surface area contributed by atoms with Gasteiger partial charge in [-0.3, -0.25) is 9.78 Å². The van der Waals surface area contributed by atoms with E-state index in [4.69, 9.17) is 4.74 Å². The zero-order valence-corrected chi connectivity index (χ0v) is 15.2. The van der Waals surface area contributed by atoms with Gasteiger partial charge in [-0.2, -0.15) is 0 Å². The number of carbonyl (C=O) groups excluding carboxylic acids is 1. The third-order valence-corrected chi connectivity index (χ3v) is 4.64. The fraction of sp³-hybridized carbons (Fsp3) is 0.429. The van der Waals surface area contributed by atoms with Crippen molar-refractivity contribution in [1.82, 2.24) is 15.2 Å². The van der Waals surface area contributed by atoms with E-state index < -0.39 is 0 Å². The Morgan fingerprint density at radius 3 is 2.62 bits per heavy atom. The second-order valence-corrected chi connectivity index (χ2v) is 6.66. The molecule has 0 saturated carbocycles. The Morgan fingerprint density at radius 2 is 1.81 bits per heavy atom. The minimum absolute atomic E-state index is 0.306. The number of benzene rings is 1. The summed E-state index contributed by atoms with van der Waals surface area (Å²) in [6.45, 7) is 3.87. The smallest absolute Gasteiger partial charge is 0.222 e. The predicted molar refractivity (Wildman–Crippen MR) is 102 cm³/mol. The van der Waals surface area contributed by atoms with Crippen LogP contribution in [0.4, 0.5) is 0 Å². The third kappa shape index (κ3) is 5.85. The lowest BCUT2D eigenvalue weighted by molar-refractivity contribution is -0.130. The molecule has 0 bridgehead atoms. The molecule has 0 radical (unpaired) electrons. The van der Waals surface area contributed by atoms with Crippen LogP contribution in [0.25, 0.3) is 0 Å². The molecule has 0 spiro atoms. The summed E-state index contributed by atoms with van der Waals surface area (Å²) in [6.07, 6.45) is 7.59. The molecule has 0 aliphatic carbocycles. The van der Waals surface area contributed by atoms with Gasteiger partial charge in [0.05, 0.1) is 0 Å². The van der Waals surface area contributed by atoms with Gasteiger partial charge in [-0.15, -0.1) is 0 Å². The zero-order valence-electron chi connectivity index (χ0n) is 15.2. The van der Waals surface area contributed by atoms with Crippen molar-refractivity contribution >= 4 is 5.91 Å². The first-order valence-electron chi connectivity index (χ1n) is 9.40. The van der Waals surface area contributed by atoms with Crippen LogP contribution < -0.4 is 10.1 Å². The highest BCUT2D eigenvalue weighted by molar-refractivity contribution is 5.76. The van der Waals surface area contributed by atoms with Crippen molar-refractivity contribution in [3.8, 4) is 5.75 Å². The molecule has 1 fully saturated rings. The molecule has 1 aromatic carbocycles. The van der Waals surface area contributed by atoms with E-state index in [1.165, 1.54) is 12.0 Å². The first-order valence-corrected chi connectivity index (χ1v) is 9.40. The lowest BCUT2D eigenvalue weighted by atomic mass is 10.2. The van der Waals surface area contributed by atoms with E-state index in [2.05, 4.69) is 22.4 Å². The van der Waals surface area contributed by atoms with Crippen molar-refractivity contribution in [3.05, 3.63) is 59.9 Å². The molecule has 1 N–H and O–H groups in total. The van der Waals surface area contributed by atoms with Crippen LogP contribution in [0.1, 0.15) is 36.8 Å². The van der Waals surface area contributed by atoms with Gasteiger partial charge in [-0.05, 0) is 48.2 Å². The molecule has 1 aliphatic heterocycles. The summed E-state index contributed by atoms with van der Waals surface area (Å²) in [4.78, 5) is 18.0. The molecule has 1 amide bonds. The van der Waals surface area contributed by atoms with Crippen LogP contribution in [-0.4, -0.2) is 35.4 Å². The molecule has 2 aromatic rings. The molecule has 0 unspecified atom stereocenters. The van der Waals surface area contributed by atoms with Crippen molar-refractivity contribution in [1.29, 1.82) is 0 Å². The van der Waals surface area contributed by atoms with Gasteiger partial charge < -0.3 is 15.0 Å².